The Morgan fingerprint density at radius 3 is 2.92 bits per heavy atom. The number of nitrogens with zero attached hydrogens (tertiary/aromatic N) is 1. The fraction of sp³-hybridized carbons (Fsp3) is 0.818. The van der Waals surface area contributed by atoms with Gasteiger partial charge in [0.1, 0.15) is 0 Å². The molecule has 13 heavy (non-hydrogen) atoms. The molecule has 0 aromatic carbocycles. The average molecular weight is 180 g/mol. The molecule has 0 bridgehead atoms. The predicted octanol–water partition coefficient (Wildman–Crippen LogP) is 1.24. The molecule has 1 saturated carbocycles. The Morgan fingerprint density at radius 1 is 1.54 bits per heavy atom. The topological polar surface area (TPSA) is 15.3 Å². The van der Waals surface area contributed by atoms with Crippen LogP contribution >= 0.6 is 0 Å². The van der Waals surface area contributed by atoms with E-state index in [1.807, 2.05) is 0 Å². The van der Waals surface area contributed by atoms with Crippen molar-refractivity contribution in [3.63, 3.8) is 0 Å². The molecule has 1 aliphatic carbocycles. The predicted molar refractivity (Wildman–Crippen MR) is 55.7 cm³/mol. The van der Waals surface area contributed by atoms with E-state index in [2.05, 4.69) is 29.8 Å². The molecule has 2 atom stereocenters. The van der Waals surface area contributed by atoms with Crippen molar-refractivity contribution in [1.29, 1.82) is 0 Å². The summed E-state index contributed by atoms with van der Waals surface area (Å²) in [4.78, 5) is 2.53. The molecule has 74 valence electrons. The van der Waals surface area contributed by atoms with Crippen LogP contribution in [0.15, 0.2) is 12.7 Å². The minimum Gasteiger partial charge on any atom is -0.311 e. The molecule has 1 N–H and O–H groups in total. The quantitative estimate of drug-likeness (QED) is 0.657. The lowest BCUT2D eigenvalue weighted by molar-refractivity contribution is 0.166. The molecule has 2 rings (SSSR count). The maximum atomic E-state index is 3.86. The van der Waals surface area contributed by atoms with Crippen LogP contribution in [0.2, 0.25) is 0 Å². The Kier molecular flexibility index (Phi) is 2.70. The standard InChI is InChI=1S/C11H20N2/c1-3-9(2)13-7-6-12-11(8-13)10-4-5-10/h3,9-12H,1,4-8H2,2H3. The lowest BCUT2D eigenvalue weighted by Crippen LogP contribution is -2.53. The number of nitrogens with one attached hydrogen (secondary N) is 1. The summed E-state index contributed by atoms with van der Waals surface area (Å²) in [6, 6.07) is 1.31. The Labute approximate surface area is 81.0 Å². The summed E-state index contributed by atoms with van der Waals surface area (Å²) in [6.45, 7) is 9.65. The smallest absolute Gasteiger partial charge is 0.0248 e. The second-order valence-electron chi connectivity index (χ2n) is 4.37. The summed E-state index contributed by atoms with van der Waals surface area (Å²) in [7, 11) is 0. The van der Waals surface area contributed by atoms with E-state index in [4.69, 9.17) is 0 Å². The van der Waals surface area contributed by atoms with Crippen molar-refractivity contribution >= 4 is 0 Å². The first-order valence-corrected chi connectivity index (χ1v) is 5.41. The van der Waals surface area contributed by atoms with Gasteiger partial charge < -0.3 is 5.32 Å². The molecule has 2 fully saturated rings. The fourth-order valence-corrected chi connectivity index (χ4v) is 2.14. The van der Waals surface area contributed by atoms with E-state index in [0.29, 0.717) is 6.04 Å². The molecule has 0 spiro atoms. The van der Waals surface area contributed by atoms with Crippen LogP contribution in [0.4, 0.5) is 0 Å². The van der Waals surface area contributed by atoms with Crippen molar-refractivity contribution in [3.8, 4) is 0 Å². The highest BCUT2D eigenvalue weighted by Crippen LogP contribution is 2.33. The average Bonchev–Trinajstić information content (AvgIpc) is 3.00. The Bertz CT molecular complexity index is 187. The lowest BCUT2D eigenvalue weighted by Gasteiger charge is -2.36. The van der Waals surface area contributed by atoms with Crippen LogP contribution in [0.5, 0.6) is 0 Å². The number of piperazine rings is 1. The van der Waals surface area contributed by atoms with Gasteiger partial charge in [0.2, 0.25) is 0 Å². The summed E-state index contributed by atoms with van der Waals surface area (Å²) in [5.74, 6) is 0.972. The molecule has 2 heteroatoms. The van der Waals surface area contributed by atoms with Gasteiger partial charge in [-0.2, -0.15) is 0 Å². The van der Waals surface area contributed by atoms with Gasteiger partial charge in [-0.25, -0.2) is 0 Å². The summed E-state index contributed by atoms with van der Waals surface area (Å²) in [5.41, 5.74) is 0. The third-order valence-corrected chi connectivity index (χ3v) is 3.34. The van der Waals surface area contributed by atoms with Gasteiger partial charge in [0, 0.05) is 31.7 Å². The Morgan fingerprint density at radius 2 is 2.31 bits per heavy atom. The number of rotatable bonds is 3. The summed E-state index contributed by atoms with van der Waals surface area (Å²) >= 11 is 0. The van der Waals surface area contributed by atoms with Crippen molar-refractivity contribution in [1.82, 2.24) is 10.2 Å². The van der Waals surface area contributed by atoms with Gasteiger partial charge in [0.15, 0.2) is 0 Å². The SMILES string of the molecule is C=CC(C)N1CCNC(C2CC2)C1. The van der Waals surface area contributed by atoms with Crippen LogP contribution in [0, 0.1) is 5.92 Å². The monoisotopic (exact) mass is 180 g/mol. The highest BCUT2D eigenvalue weighted by molar-refractivity contribution is 4.95. The van der Waals surface area contributed by atoms with Crippen molar-refractivity contribution in [2.75, 3.05) is 19.6 Å². The fourth-order valence-electron chi connectivity index (χ4n) is 2.14. The molecule has 2 nitrogen and oxygen atoms in total. The van der Waals surface area contributed by atoms with E-state index in [0.717, 1.165) is 18.5 Å². The second kappa shape index (κ2) is 3.81. The van der Waals surface area contributed by atoms with E-state index < -0.39 is 0 Å². The van der Waals surface area contributed by atoms with E-state index in [1.54, 1.807) is 0 Å². The second-order valence-corrected chi connectivity index (χ2v) is 4.37. The first-order valence-electron chi connectivity index (χ1n) is 5.41. The van der Waals surface area contributed by atoms with Gasteiger partial charge in [-0.3, -0.25) is 4.90 Å². The highest BCUT2D eigenvalue weighted by Gasteiger charge is 2.34. The molecule has 2 aliphatic rings. The maximum Gasteiger partial charge on any atom is 0.0248 e. The van der Waals surface area contributed by atoms with E-state index in [-0.39, 0.29) is 0 Å². The van der Waals surface area contributed by atoms with Crippen LogP contribution in [0.3, 0.4) is 0 Å². The molecular weight excluding hydrogens is 160 g/mol. The van der Waals surface area contributed by atoms with E-state index in [1.165, 1.54) is 25.9 Å². The molecule has 0 aromatic heterocycles. The first-order chi connectivity index (χ1) is 6.31. The zero-order chi connectivity index (χ0) is 9.26. The molecule has 2 unspecified atom stereocenters. The van der Waals surface area contributed by atoms with Gasteiger partial charge in [0.25, 0.3) is 0 Å². The molecule has 0 amide bonds. The van der Waals surface area contributed by atoms with Crippen LogP contribution < -0.4 is 5.32 Å². The summed E-state index contributed by atoms with van der Waals surface area (Å²) < 4.78 is 0. The summed E-state index contributed by atoms with van der Waals surface area (Å²) in [6.07, 6.45) is 4.93. The van der Waals surface area contributed by atoms with Gasteiger partial charge >= 0.3 is 0 Å². The number of hydrogen-bond donors (Lipinski definition) is 1. The third kappa shape index (κ3) is 2.12. The third-order valence-electron chi connectivity index (χ3n) is 3.34. The van der Waals surface area contributed by atoms with Crippen molar-refractivity contribution in [3.05, 3.63) is 12.7 Å². The lowest BCUT2D eigenvalue weighted by atomic mass is 10.1. The van der Waals surface area contributed by atoms with Gasteiger partial charge in [0.05, 0.1) is 0 Å². The van der Waals surface area contributed by atoms with Gasteiger partial charge in [-0.15, -0.1) is 6.58 Å². The molecule has 1 heterocycles. The molecule has 1 aliphatic heterocycles. The summed E-state index contributed by atoms with van der Waals surface area (Å²) in [5, 5.41) is 3.61. The van der Waals surface area contributed by atoms with Crippen LogP contribution in [-0.2, 0) is 0 Å². The molecular formula is C11H20N2. The van der Waals surface area contributed by atoms with Crippen molar-refractivity contribution < 1.29 is 0 Å². The minimum absolute atomic E-state index is 0.545. The van der Waals surface area contributed by atoms with Crippen molar-refractivity contribution in [2.24, 2.45) is 5.92 Å². The normalized spacial score (nSPS) is 32.8. The largest absolute Gasteiger partial charge is 0.311 e. The van der Waals surface area contributed by atoms with Crippen molar-refractivity contribution in [2.45, 2.75) is 31.8 Å². The zero-order valence-electron chi connectivity index (χ0n) is 8.50. The van der Waals surface area contributed by atoms with Crippen LogP contribution in [0.1, 0.15) is 19.8 Å². The van der Waals surface area contributed by atoms with E-state index in [9.17, 15) is 0 Å². The molecule has 0 aromatic rings. The maximum absolute atomic E-state index is 3.86. The molecule has 1 saturated heterocycles. The van der Waals surface area contributed by atoms with Gasteiger partial charge in [-0.05, 0) is 25.7 Å². The Balaban J connectivity index is 1.87. The first kappa shape index (κ1) is 9.22. The molecule has 0 radical (unpaired) electrons. The zero-order valence-corrected chi connectivity index (χ0v) is 8.50. The van der Waals surface area contributed by atoms with E-state index >= 15 is 0 Å². The number of hydrogen-bond acceptors (Lipinski definition) is 2. The minimum atomic E-state index is 0.545. The highest BCUT2D eigenvalue weighted by atomic mass is 15.2. The Hall–Kier alpha value is -0.340. The van der Waals surface area contributed by atoms with Crippen LogP contribution in [-0.4, -0.2) is 36.6 Å². The van der Waals surface area contributed by atoms with Crippen LogP contribution in [0.25, 0.3) is 0 Å². The van der Waals surface area contributed by atoms with Gasteiger partial charge in [-0.1, -0.05) is 6.08 Å².